The number of rotatable bonds is 6. The predicted octanol–water partition coefficient (Wildman–Crippen LogP) is 1.20. The summed E-state index contributed by atoms with van der Waals surface area (Å²) < 4.78 is 15.5. The molecular weight excluding hydrogens is 262 g/mol. The first-order valence-electron chi connectivity index (χ1n) is 6.04. The zero-order chi connectivity index (χ0) is 14.4. The van der Waals surface area contributed by atoms with Crippen molar-refractivity contribution in [3.05, 3.63) is 36.0 Å². The molecule has 0 fully saturated rings. The third kappa shape index (κ3) is 3.71. The summed E-state index contributed by atoms with van der Waals surface area (Å²) in [4.78, 5) is 11.6. The summed E-state index contributed by atoms with van der Waals surface area (Å²) in [6.45, 7) is 2.30. The summed E-state index contributed by atoms with van der Waals surface area (Å²) in [7, 11) is 1.60. The molecule has 20 heavy (non-hydrogen) atoms. The molecule has 0 aliphatic heterocycles. The van der Waals surface area contributed by atoms with Gasteiger partial charge in [-0.05, 0) is 24.3 Å². The van der Waals surface area contributed by atoms with Crippen LogP contribution in [0, 0.1) is 6.92 Å². The molecular formula is C13H15N3O4. The second kappa shape index (κ2) is 6.55. The highest BCUT2D eigenvalue weighted by molar-refractivity contribution is 5.89. The van der Waals surface area contributed by atoms with Crippen LogP contribution in [0.5, 0.6) is 11.5 Å². The fraction of sp³-hybridized carbons (Fsp3) is 0.308. The Morgan fingerprint density at radius 2 is 1.95 bits per heavy atom. The van der Waals surface area contributed by atoms with E-state index in [1.807, 2.05) is 0 Å². The average molecular weight is 277 g/mol. The summed E-state index contributed by atoms with van der Waals surface area (Å²) >= 11 is 0. The molecule has 0 unspecified atom stereocenters. The van der Waals surface area contributed by atoms with Crippen molar-refractivity contribution in [1.29, 1.82) is 0 Å². The number of hydrogen-bond acceptors (Lipinski definition) is 6. The van der Waals surface area contributed by atoms with E-state index in [0.717, 1.165) is 5.75 Å². The van der Waals surface area contributed by atoms with Crippen molar-refractivity contribution >= 4 is 5.91 Å². The zero-order valence-electron chi connectivity index (χ0n) is 11.3. The second-order valence-corrected chi connectivity index (χ2v) is 3.91. The summed E-state index contributed by atoms with van der Waals surface area (Å²) in [6.07, 6.45) is 0. The Morgan fingerprint density at radius 1 is 1.25 bits per heavy atom. The van der Waals surface area contributed by atoms with Gasteiger partial charge in [0.1, 0.15) is 18.1 Å². The molecule has 2 rings (SSSR count). The molecule has 1 heterocycles. The van der Waals surface area contributed by atoms with Crippen LogP contribution in [0.15, 0.2) is 28.7 Å². The van der Waals surface area contributed by atoms with Crippen LogP contribution < -0.4 is 14.8 Å². The number of amides is 1. The lowest BCUT2D eigenvalue weighted by Gasteiger charge is -2.07. The number of aryl methyl sites for hydroxylation is 1. The van der Waals surface area contributed by atoms with Gasteiger partial charge in [0.15, 0.2) is 0 Å². The molecule has 1 amide bonds. The van der Waals surface area contributed by atoms with Gasteiger partial charge in [-0.15, -0.1) is 10.2 Å². The van der Waals surface area contributed by atoms with E-state index in [1.165, 1.54) is 0 Å². The number of methoxy groups -OCH3 is 1. The first-order chi connectivity index (χ1) is 9.69. The molecule has 1 N–H and O–H groups in total. The number of carbonyl (C=O) groups excluding carboxylic acids is 1. The highest BCUT2D eigenvalue weighted by Gasteiger charge is 2.12. The van der Waals surface area contributed by atoms with Gasteiger partial charge in [-0.1, -0.05) is 0 Å². The van der Waals surface area contributed by atoms with E-state index in [-0.39, 0.29) is 5.89 Å². The van der Waals surface area contributed by atoms with Crippen molar-refractivity contribution in [2.75, 3.05) is 20.3 Å². The highest BCUT2D eigenvalue weighted by Crippen LogP contribution is 2.16. The molecule has 2 aromatic rings. The molecule has 0 bridgehead atoms. The van der Waals surface area contributed by atoms with E-state index in [4.69, 9.17) is 13.9 Å². The van der Waals surface area contributed by atoms with E-state index in [2.05, 4.69) is 15.5 Å². The van der Waals surface area contributed by atoms with E-state index >= 15 is 0 Å². The third-order valence-corrected chi connectivity index (χ3v) is 2.44. The Labute approximate surface area is 115 Å². The van der Waals surface area contributed by atoms with Crippen molar-refractivity contribution in [2.45, 2.75) is 6.92 Å². The lowest BCUT2D eigenvalue weighted by atomic mass is 10.3. The summed E-state index contributed by atoms with van der Waals surface area (Å²) in [6, 6.07) is 7.19. The topological polar surface area (TPSA) is 86.5 Å². The first kappa shape index (κ1) is 13.9. The molecule has 106 valence electrons. The minimum atomic E-state index is -0.413. The number of hydrogen-bond donors (Lipinski definition) is 1. The third-order valence-electron chi connectivity index (χ3n) is 2.44. The van der Waals surface area contributed by atoms with Crippen LogP contribution in [0.1, 0.15) is 16.6 Å². The van der Waals surface area contributed by atoms with Crippen molar-refractivity contribution in [3.63, 3.8) is 0 Å². The maximum atomic E-state index is 11.6. The van der Waals surface area contributed by atoms with E-state index in [0.29, 0.717) is 24.8 Å². The molecule has 1 aromatic carbocycles. The molecule has 1 aromatic heterocycles. The fourth-order valence-electron chi connectivity index (χ4n) is 1.47. The molecule has 0 radical (unpaired) electrons. The lowest BCUT2D eigenvalue weighted by Crippen LogP contribution is -2.28. The summed E-state index contributed by atoms with van der Waals surface area (Å²) in [5, 5.41) is 9.82. The van der Waals surface area contributed by atoms with Crippen molar-refractivity contribution in [2.24, 2.45) is 0 Å². The Morgan fingerprint density at radius 3 is 2.55 bits per heavy atom. The number of ether oxygens (including phenoxy) is 2. The fourth-order valence-corrected chi connectivity index (χ4v) is 1.47. The van der Waals surface area contributed by atoms with Crippen LogP contribution in [0.3, 0.4) is 0 Å². The van der Waals surface area contributed by atoms with Crippen molar-refractivity contribution < 1.29 is 18.7 Å². The Bertz CT molecular complexity index is 565. The van der Waals surface area contributed by atoms with E-state index in [1.54, 1.807) is 38.3 Å². The second-order valence-electron chi connectivity index (χ2n) is 3.91. The van der Waals surface area contributed by atoms with Crippen LogP contribution >= 0.6 is 0 Å². The standard InChI is InChI=1S/C13H15N3O4/c1-9-15-16-13(20-9)12(17)14-7-8-19-11-5-3-10(18-2)4-6-11/h3-6H,7-8H2,1-2H3,(H,14,17). The van der Waals surface area contributed by atoms with Gasteiger partial charge < -0.3 is 19.2 Å². The van der Waals surface area contributed by atoms with Crippen LogP contribution in [-0.2, 0) is 0 Å². The van der Waals surface area contributed by atoms with Crippen LogP contribution in [0.2, 0.25) is 0 Å². The largest absolute Gasteiger partial charge is 0.497 e. The lowest BCUT2D eigenvalue weighted by molar-refractivity contribution is 0.0911. The van der Waals surface area contributed by atoms with Crippen LogP contribution in [0.4, 0.5) is 0 Å². The minimum Gasteiger partial charge on any atom is -0.497 e. The Balaban J connectivity index is 1.72. The van der Waals surface area contributed by atoms with Gasteiger partial charge in [-0.25, -0.2) is 0 Å². The number of nitrogens with one attached hydrogen (secondary N) is 1. The van der Waals surface area contributed by atoms with Crippen molar-refractivity contribution in [1.82, 2.24) is 15.5 Å². The van der Waals surface area contributed by atoms with Gasteiger partial charge in [0, 0.05) is 6.92 Å². The SMILES string of the molecule is COc1ccc(OCCNC(=O)c2nnc(C)o2)cc1. The van der Waals surface area contributed by atoms with Gasteiger partial charge in [-0.3, -0.25) is 4.79 Å². The number of nitrogens with zero attached hydrogens (tertiary/aromatic N) is 2. The molecule has 7 heteroatoms. The summed E-state index contributed by atoms with van der Waals surface area (Å²) in [5.74, 6) is 1.35. The Kier molecular flexibility index (Phi) is 4.54. The quantitative estimate of drug-likeness (QED) is 0.798. The Hall–Kier alpha value is -2.57. The van der Waals surface area contributed by atoms with E-state index < -0.39 is 5.91 Å². The van der Waals surface area contributed by atoms with Gasteiger partial charge in [0.25, 0.3) is 0 Å². The monoisotopic (exact) mass is 277 g/mol. The average Bonchev–Trinajstić information content (AvgIpc) is 2.91. The number of benzene rings is 1. The van der Waals surface area contributed by atoms with Crippen LogP contribution in [-0.4, -0.2) is 36.4 Å². The van der Waals surface area contributed by atoms with Crippen LogP contribution in [0.25, 0.3) is 0 Å². The predicted molar refractivity (Wildman–Crippen MR) is 69.9 cm³/mol. The zero-order valence-corrected chi connectivity index (χ0v) is 11.3. The smallest absolute Gasteiger partial charge is 0.308 e. The minimum absolute atomic E-state index is 0.0491. The molecule has 0 aliphatic rings. The molecule has 7 nitrogen and oxygen atoms in total. The molecule has 0 atom stereocenters. The van der Waals surface area contributed by atoms with E-state index in [9.17, 15) is 4.79 Å². The van der Waals surface area contributed by atoms with Gasteiger partial charge in [0.05, 0.1) is 13.7 Å². The number of aromatic nitrogens is 2. The maximum Gasteiger partial charge on any atom is 0.308 e. The first-order valence-corrected chi connectivity index (χ1v) is 6.04. The number of carbonyl (C=O) groups is 1. The van der Waals surface area contributed by atoms with Gasteiger partial charge >= 0.3 is 11.8 Å². The van der Waals surface area contributed by atoms with Crippen molar-refractivity contribution in [3.8, 4) is 11.5 Å². The molecule has 0 spiro atoms. The normalized spacial score (nSPS) is 10.1. The summed E-state index contributed by atoms with van der Waals surface area (Å²) in [5.41, 5.74) is 0. The van der Waals surface area contributed by atoms with Gasteiger partial charge in [-0.2, -0.15) is 0 Å². The van der Waals surface area contributed by atoms with Gasteiger partial charge in [0.2, 0.25) is 5.89 Å². The highest BCUT2D eigenvalue weighted by atomic mass is 16.5. The molecule has 0 saturated carbocycles. The molecule has 0 saturated heterocycles. The molecule has 0 aliphatic carbocycles. The maximum absolute atomic E-state index is 11.6.